The minimum absolute atomic E-state index is 0.00108. The summed E-state index contributed by atoms with van der Waals surface area (Å²) < 4.78 is 0. The van der Waals surface area contributed by atoms with Crippen molar-refractivity contribution in [3.05, 3.63) is 86.6 Å². The number of benzene rings is 2. The lowest BCUT2D eigenvalue weighted by molar-refractivity contribution is -0.384. The predicted molar refractivity (Wildman–Crippen MR) is 90.6 cm³/mol. The van der Waals surface area contributed by atoms with E-state index in [1.807, 2.05) is 23.6 Å². The van der Waals surface area contributed by atoms with Crippen LogP contribution < -0.4 is 5.32 Å². The number of carbonyl (C=O) groups is 1. The van der Waals surface area contributed by atoms with Gasteiger partial charge in [0.05, 0.1) is 15.5 Å². The van der Waals surface area contributed by atoms with Gasteiger partial charge in [0.15, 0.2) is 0 Å². The molecule has 0 atom stereocenters. The van der Waals surface area contributed by atoms with Crippen LogP contribution in [-0.2, 0) is 0 Å². The second-order valence-electron chi connectivity index (χ2n) is 4.79. The van der Waals surface area contributed by atoms with Crippen molar-refractivity contribution in [2.45, 2.75) is 0 Å². The van der Waals surface area contributed by atoms with E-state index in [1.165, 1.54) is 23.5 Å². The molecular weight excluding hydrogens is 312 g/mol. The highest BCUT2D eigenvalue weighted by Crippen LogP contribution is 2.29. The van der Waals surface area contributed by atoms with Crippen molar-refractivity contribution in [3.63, 3.8) is 0 Å². The number of nitro groups is 1. The van der Waals surface area contributed by atoms with Crippen LogP contribution in [0.2, 0.25) is 0 Å². The van der Waals surface area contributed by atoms with E-state index in [2.05, 4.69) is 5.32 Å². The molecule has 1 N–H and O–H groups in total. The first-order valence-electron chi connectivity index (χ1n) is 6.84. The number of ketones is 1. The molecule has 114 valence electrons. The lowest BCUT2D eigenvalue weighted by Gasteiger charge is -2.07. The molecule has 5 nitrogen and oxygen atoms in total. The van der Waals surface area contributed by atoms with Crippen LogP contribution in [0.15, 0.2) is 66.0 Å². The lowest BCUT2D eigenvalue weighted by atomic mass is 10.1. The summed E-state index contributed by atoms with van der Waals surface area (Å²) in [4.78, 5) is 23.5. The van der Waals surface area contributed by atoms with E-state index >= 15 is 0 Å². The quantitative estimate of drug-likeness (QED) is 0.422. The SMILES string of the molecule is O=C(c1ccccc1)c1sccc1Nc1cccc([N+](=O)[O-])c1. The van der Waals surface area contributed by atoms with E-state index in [0.29, 0.717) is 21.8 Å². The predicted octanol–water partition coefficient (Wildman–Crippen LogP) is 4.63. The first-order chi connectivity index (χ1) is 11.1. The van der Waals surface area contributed by atoms with Crippen LogP contribution in [0.5, 0.6) is 0 Å². The van der Waals surface area contributed by atoms with E-state index in [1.54, 1.807) is 30.3 Å². The Balaban J connectivity index is 1.89. The normalized spacial score (nSPS) is 10.3. The molecule has 0 spiro atoms. The Morgan fingerprint density at radius 2 is 1.83 bits per heavy atom. The van der Waals surface area contributed by atoms with Crippen molar-refractivity contribution in [2.24, 2.45) is 0 Å². The molecule has 2 aromatic carbocycles. The van der Waals surface area contributed by atoms with Crippen LogP contribution in [-0.4, -0.2) is 10.7 Å². The maximum Gasteiger partial charge on any atom is 0.271 e. The number of carbonyl (C=O) groups excluding carboxylic acids is 1. The fraction of sp³-hybridized carbons (Fsp3) is 0. The maximum absolute atomic E-state index is 12.6. The first kappa shape index (κ1) is 14.9. The van der Waals surface area contributed by atoms with Crippen molar-refractivity contribution in [1.82, 2.24) is 0 Å². The molecule has 6 heteroatoms. The highest BCUT2D eigenvalue weighted by Gasteiger charge is 2.16. The van der Waals surface area contributed by atoms with Gasteiger partial charge >= 0.3 is 0 Å². The molecule has 1 aromatic heterocycles. The zero-order valence-corrected chi connectivity index (χ0v) is 12.7. The number of rotatable bonds is 5. The van der Waals surface area contributed by atoms with Crippen molar-refractivity contribution < 1.29 is 9.72 Å². The van der Waals surface area contributed by atoms with E-state index in [4.69, 9.17) is 0 Å². The molecule has 0 saturated heterocycles. The summed E-state index contributed by atoms with van der Waals surface area (Å²) in [6.07, 6.45) is 0. The Labute approximate surface area is 136 Å². The van der Waals surface area contributed by atoms with Crippen LogP contribution in [0.3, 0.4) is 0 Å². The number of hydrogen-bond acceptors (Lipinski definition) is 5. The van der Waals surface area contributed by atoms with Crippen molar-refractivity contribution in [3.8, 4) is 0 Å². The molecule has 0 unspecified atom stereocenters. The third kappa shape index (κ3) is 3.27. The van der Waals surface area contributed by atoms with Crippen LogP contribution in [0.4, 0.5) is 17.1 Å². The van der Waals surface area contributed by atoms with Crippen LogP contribution in [0.25, 0.3) is 0 Å². The summed E-state index contributed by atoms with van der Waals surface area (Å²) in [6, 6.07) is 17.0. The molecule has 0 amide bonds. The highest BCUT2D eigenvalue weighted by molar-refractivity contribution is 7.13. The summed E-state index contributed by atoms with van der Waals surface area (Å²) in [6.45, 7) is 0. The Bertz CT molecular complexity index is 859. The maximum atomic E-state index is 12.6. The minimum Gasteiger partial charge on any atom is -0.354 e. The fourth-order valence-electron chi connectivity index (χ4n) is 2.16. The van der Waals surface area contributed by atoms with Gasteiger partial charge in [-0.2, -0.15) is 0 Å². The summed E-state index contributed by atoms with van der Waals surface area (Å²) in [5, 5.41) is 15.7. The molecule has 0 aliphatic rings. The van der Waals surface area contributed by atoms with Gasteiger partial charge in [-0.1, -0.05) is 36.4 Å². The molecule has 0 bridgehead atoms. The number of thiophene rings is 1. The zero-order chi connectivity index (χ0) is 16.2. The van der Waals surface area contributed by atoms with Gasteiger partial charge in [-0.05, 0) is 17.5 Å². The van der Waals surface area contributed by atoms with Crippen LogP contribution >= 0.6 is 11.3 Å². The summed E-state index contributed by atoms with van der Waals surface area (Å²) in [5.74, 6) is -0.0754. The number of anilines is 2. The molecule has 0 saturated carbocycles. The summed E-state index contributed by atoms with van der Waals surface area (Å²) in [5.41, 5.74) is 1.82. The highest BCUT2D eigenvalue weighted by atomic mass is 32.1. The Morgan fingerprint density at radius 1 is 1.04 bits per heavy atom. The second kappa shape index (κ2) is 6.41. The largest absolute Gasteiger partial charge is 0.354 e. The Kier molecular flexibility index (Phi) is 4.16. The molecule has 0 aliphatic carbocycles. The molecule has 0 fully saturated rings. The minimum atomic E-state index is -0.450. The van der Waals surface area contributed by atoms with Gasteiger partial charge in [0.1, 0.15) is 0 Å². The van der Waals surface area contributed by atoms with Gasteiger partial charge in [-0.15, -0.1) is 11.3 Å². The average molecular weight is 324 g/mol. The van der Waals surface area contributed by atoms with E-state index < -0.39 is 4.92 Å². The first-order valence-corrected chi connectivity index (χ1v) is 7.72. The van der Waals surface area contributed by atoms with Gasteiger partial charge in [0, 0.05) is 23.4 Å². The third-order valence-electron chi connectivity index (χ3n) is 3.24. The zero-order valence-electron chi connectivity index (χ0n) is 11.9. The van der Waals surface area contributed by atoms with Crippen molar-refractivity contribution in [1.29, 1.82) is 0 Å². The van der Waals surface area contributed by atoms with Gasteiger partial charge in [0.25, 0.3) is 5.69 Å². The molecule has 0 aliphatic heterocycles. The van der Waals surface area contributed by atoms with Crippen LogP contribution in [0, 0.1) is 10.1 Å². The Morgan fingerprint density at radius 3 is 2.57 bits per heavy atom. The molecule has 23 heavy (non-hydrogen) atoms. The molecule has 3 rings (SSSR count). The number of nitrogens with one attached hydrogen (secondary N) is 1. The van der Waals surface area contributed by atoms with Gasteiger partial charge in [0.2, 0.25) is 5.78 Å². The monoisotopic (exact) mass is 324 g/mol. The Hall–Kier alpha value is -2.99. The van der Waals surface area contributed by atoms with E-state index in [-0.39, 0.29) is 11.5 Å². The smallest absolute Gasteiger partial charge is 0.271 e. The van der Waals surface area contributed by atoms with Gasteiger partial charge < -0.3 is 5.32 Å². The average Bonchev–Trinajstić information content (AvgIpc) is 3.03. The number of non-ortho nitro benzene ring substituents is 1. The molecule has 1 heterocycles. The van der Waals surface area contributed by atoms with E-state index in [0.717, 1.165) is 0 Å². The second-order valence-corrected chi connectivity index (χ2v) is 5.71. The summed E-state index contributed by atoms with van der Waals surface area (Å²) >= 11 is 1.34. The number of nitrogens with zero attached hydrogens (tertiary/aromatic N) is 1. The van der Waals surface area contributed by atoms with Crippen molar-refractivity contribution in [2.75, 3.05) is 5.32 Å². The van der Waals surface area contributed by atoms with Crippen molar-refractivity contribution >= 4 is 34.2 Å². The lowest BCUT2D eigenvalue weighted by Crippen LogP contribution is -2.02. The van der Waals surface area contributed by atoms with E-state index in [9.17, 15) is 14.9 Å². The third-order valence-corrected chi connectivity index (χ3v) is 4.16. The van der Waals surface area contributed by atoms with Crippen LogP contribution in [0.1, 0.15) is 15.2 Å². The number of nitro benzene ring substituents is 1. The molecule has 3 aromatic rings. The fourth-order valence-corrected chi connectivity index (χ4v) is 2.97. The standard InChI is InChI=1S/C17H12N2O3S/c20-16(12-5-2-1-3-6-12)17-15(9-10-23-17)18-13-7-4-8-14(11-13)19(21)22/h1-11,18H. The topological polar surface area (TPSA) is 72.2 Å². The summed E-state index contributed by atoms with van der Waals surface area (Å²) in [7, 11) is 0. The molecular formula is C17H12N2O3S. The number of hydrogen-bond donors (Lipinski definition) is 1. The van der Waals surface area contributed by atoms with Gasteiger partial charge in [-0.25, -0.2) is 0 Å². The van der Waals surface area contributed by atoms with Gasteiger partial charge in [-0.3, -0.25) is 14.9 Å². The molecule has 0 radical (unpaired) electrons.